The van der Waals surface area contributed by atoms with Gasteiger partial charge in [-0.25, -0.2) is 12.8 Å². The number of rotatable bonds is 4. The number of anilines is 1. The number of aryl methyl sites for hydroxylation is 3. The van der Waals surface area contributed by atoms with Gasteiger partial charge in [-0.1, -0.05) is 12.1 Å². The number of halogens is 1. The third kappa shape index (κ3) is 4.27. The highest BCUT2D eigenvalue weighted by molar-refractivity contribution is 7.89. The van der Waals surface area contributed by atoms with Gasteiger partial charge in [0.05, 0.1) is 4.90 Å². The molecule has 0 spiro atoms. The van der Waals surface area contributed by atoms with Crippen LogP contribution in [-0.4, -0.2) is 31.7 Å². The number of nitrogens with zero attached hydrogens (tertiary/aromatic N) is 1. The molecule has 2 aromatic carbocycles. The summed E-state index contributed by atoms with van der Waals surface area (Å²) < 4.78 is 41.2. The van der Waals surface area contributed by atoms with Gasteiger partial charge in [0.15, 0.2) is 0 Å². The summed E-state index contributed by atoms with van der Waals surface area (Å²) in [5, 5.41) is 2.79. The predicted molar refractivity (Wildman–Crippen MR) is 114 cm³/mol. The van der Waals surface area contributed by atoms with Crippen molar-refractivity contribution < 1.29 is 17.6 Å². The van der Waals surface area contributed by atoms with E-state index in [9.17, 15) is 17.6 Å². The van der Waals surface area contributed by atoms with Crippen LogP contribution in [0.2, 0.25) is 0 Å². The van der Waals surface area contributed by atoms with E-state index < -0.39 is 15.8 Å². The van der Waals surface area contributed by atoms with Crippen LogP contribution >= 0.6 is 0 Å². The van der Waals surface area contributed by atoms with Crippen molar-refractivity contribution in [1.29, 1.82) is 0 Å². The molecule has 1 saturated heterocycles. The summed E-state index contributed by atoms with van der Waals surface area (Å²) in [4.78, 5) is 13.0. The van der Waals surface area contributed by atoms with Crippen LogP contribution in [0.5, 0.6) is 0 Å². The fourth-order valence-corrected chi connectivity index (χ4v) is 5.86. The lowest BCUT2D eigenvalue weighted by molar-refractivity contribution is -0.120. The number of fused-ring (bicyclic) bond motifs is 1. The Morgan fingerprint density at radius 1 is 1.03 bits per heavy atom. The Labute approximate surface area is 177 Å². The lowest BCUT2D eigenvalue weighted by Gasteiger charge is -2.31. The molecule has 1 N–H and O–H groups in total. The van der Waals surface area contributed by atoms with E-state index in [0.29, 0.717) is 36.5 Å². The molecule has 7 heteroatoms. The van der Waals surface area contributed by atoms with Crippen molar-refractivity contribution in [2.45, 2.75) is 50.3 Å². The van der Waals surface area contributed by atoms with Gasteiger partial charge >= 0.3 is 0 Å². The molecular formula is C23H27FN2O3S. The lowest BCUT2D eigenvalue weighted by atomic mass is 9.92. The molecule has 1 heterocycles. The molecule has 0 atom stereocenters. The minimum Gasteiger partial charge on any atom is -0.326 e. The fourth-order valence-electron chi connectivity index (χ4n) is 4.34. The van der Waals surface area contributed by atoms with Crippen molar-refractivity contribution in [2.24, 2.45) is 5.92 Å². The van der Waals surface area contributed by atoms with Crippen LogP contribution in [0.4, 0.5) is 10.1 Å². The van der Waals surface area contributed by atoms with Crippen molar-refractivity contribution in [1.82, 2.24) is 4.31 Å². The largest absolute Gasteiger partial charge is 0.326 e. The SMILES string of the molecule is Cc1ccc(F)cc1NC(=O)C1CCN(S(=O)(=O)c2ccc3c(c2)CCCC3)CC1. The van der Waals surface area contributed by atoms with Crippen LogP contribution < -0.4 is 5.32 Å². The second-order valence-corrected chi connectivity index (χ2v) is 10.2. The Morgan fingerprint density at radius 3 is 2.47 bits per heavy atom. The predicted octanol–water partition coefficient (Wildman–Crippen LogP) is 4.05. The van der Waals surface area contributed by atoms with Gasteiger partial charge < -0.3 is 5.32 Å². The van der Waals surface area contributed by atoms with Gasteiger partial charge in [0, 0.05) is 24.7 Å². The number of hydrogen-bond acceptors (Lipinski definition) is 3. The van der Waals surface area contributed by atoms with E-state index >= 15 is 0 Å². The van der Waals surface area contributed by atoms with Gasteiger partial charge in [0.2, 0.25) is 15.9 Å². The normalized spacial score (nSPS) is 18.1. The standard InChI is InChI=1S/C23H27FN2O3S/c1-16-6-8-20(24)15-22(16)25-23(27)18-10-12-26(13-11-18)30(28,29)21-9-7-17-4-2-3-5-19(17)14-21/h6-9,14-15,18H,2-5,10-13H2,1H3,(H,25,27). The monoisotopic (exact) mass is 430 g/mol. The summed E-state index contributed by atoms with van der Waals surface area (Å²) in [6.07, 6.45) is 5.10. The highest BCUT2D eigenvalue weighted by atomic mass is 32.2. The van der Waals surface area contributed by atoms with E-state index in [1.54, 1.807) is 12.1 Å². The molecule has 1 aliphatic heterocycles. The highest BCUT2D eigenvalue weighted by Crippen LogP contribution is 2.29. The van der Waals surface area contributed by atoms with Crippen LogP contribution in [0.15, 0.2) is 41.3 Å². The zero-order valence-corrected chi connectivity index (χ0v) is 18.0. The molecule has 1 fully saturated rings. The molecule has 2 aromatic rings. The number of carbonyl (C=O) groups excluding carboxylic acids is 1. The minimum absolute atomic E-state index is 0.186. The van der Waals surface area contributed by atoms with E-state index in [1.807, 2.05) is 19.1 Å². The van der Waals surface area contributed by atoms with E-state index in [-0.39, 0.29) is 11.8 Å². The average molecular weight is 431 g/mol. The molecule has 5 nitrogen and oxygen atoms in total. The van der Waals surface area contributed by atoms with Gasteiger partial charge in [-0.05, 0) is 86.4 Å². The van der Waals surface area contributed by atoms with Gasteiger partial charge in [-0.3, -0.25) is 4.79 Å². The second kappa shape index (κ2) is 8.47. The molecule has 0 aromatic heterocycles. The maximum Gasteiger partial charge on any atom is 0.243 e. The van der Waals surface area contributed by atoms with Crippen LogP contribution in [0, 0.1) is 18.7 Å². The van der Waals surface area contributed by atoms with Crippen molar-refractivity contribution in [3.63, 3.8) is 0 Å². The van der Waals surface area contributed by atoms with Crippen molar-refractivity contribution in [3.8, 4) is 0 Å². The third-order valence-electron chi connectivity index (χ3n) is 6.24. The van der Waals surface area contributed by atoms with Crippen molar-refractivity contribution in [2.75, 3.05) is 18.4 Å². The Balaban J connectivity index is 1.41. The summed E-state index contributed by atoms with van der Waals surface area (Å²) in [5.41, 5.74) is 3.64. The molecular weight excluding hydrogens is 403 g/mol. The molecule has 1 amide bonds. The summed E-state index contributed by atoms with van der Waals surface area (Å²) >= 11 is 0. The first-order valence-corrected chi connectivity index (χ1v) is 12.0. The van der Waals surface area contributed by atoms with Gasteiger partial charge in [0.25, 0.3) is 0 Å². The topological polar surface area (TPSA) is 66.5 Å². The maximum atomic E-state index is 13.5. The van der Waals surface area contributed by atoms with Gasteiger partial charge in [-0.15, -0.1) is 0 Å². The Kier molecular flexibility index (Phi) is 5.93. The average Bonchev–Trinajstić information content (AvgIpc) is 2.76. The van der Waals surface area contributed by atoms with E-state index in [2.05, 4.69) is 5.32 Å². The van der Waals surface area contributed by atoms with Crippen LogP contribution in [0.3, 0.4) is 0 Å². The van der Waals surface area contributed by atoms with E-state index in [0.717, 1.165) is 36.8 Å². The zero-order valence-electron chi connectivity index (χ0n) is 17.2. The molecule has 0 saturated carbocycles. The molecule has 1 aliphatic carbocycles. The molecule has 4 rings (SSSR count). The van der Waals surface area contributed by atoms with E-state index in [1.165, 1.54) is 22.0 Å². The third-order valence-corrected chi connectivity index (χ3v) is 8.13. The Bertz CT molecular complexity index is 1060. The van der Waals surface area contributed by atoms with Crippen LogP contribution in [0.1, 0.15) is 42.4 Å². The van der Waals surface area contributed by atoms with E-state index in [4.69, 9.17) is 0 Å². The second-order valence-electron chi connectivity index (χ2n) is 8.26. The lowest BCUT2D eigenvalue weighted by Crippen LogP contribution is -2.41. The Hall–Kier alpha value is -2.25. The van der Waals surface area contributed by atoms with Crippen LogP contribution in [0.25, 0.3) is 0 Å². The summed E-state index contributed by atoms with van der Waals surface area (Å²) in [6, 6.07) is 9.78. The molecule has 30 heavy (non-hydrogen) atoms. The number of piperidine rings is 1. The number of hydrogen-bond donors (Lipinski definition) is 1. The molecule has 0 radical (unpaired) electrons. The number of amides is 1. The number of sulfonamides is 1. The minimum atomic E-state index is -3.56. The molecule has 0 unspecified atom stereocenters. The summed E-state index contributed by atoms with van der Waals surface area (Å²) in [5.74, 6) is -0.876. The first kappa shape index (κ1) is 21.0. The zero-order chi connectivity index (χ0) is 21.3. The molecule has 160 valence electrons. The quantitative estimate of drug-likeness (QED) is 0.796. The smallest absolute Gasteiger partial charge is 0.243 e. The number of carbonyl (C=O) groups is 1. The van der Waals surface area contributed by atoms with Crippen molar-refractivity contribution in [3.05, 3.63) is 58.9 Å². The Morgan fingerprint density at radius 2 is 1.73 bits per heavy atom. The van der Waals surface area contributed by atoms with Crippen LogP contribution in [-0.2, 0) is 27.7 Å². The highest BCUT2D eigenvalue weighted by Gasteiger charge is 2.32. The van der Waals surface area contributed by atoms with Crippen molar-refractivity contribution >= 4 is 21.6 Å². The summed E-state index contributed by atoms with van der Waals surface area (Å²) in [6.45, 7) is 2.42. The number of nitrogens with one attached hydrogen (secondary N) is 1. The fraction of sp³-hybridized carbons (Fsp3) is 0.435. The van der Waals surface area contributed by atoms with Gasteiger partial charge in [0.1, 0.15) is 5.82 Å². The first-order chi connectivity index (χ1) is 14.3. The molecule has 2 aliphatic rings. The molecule has 0 bridgehead atoms. The number of benzene rings is 2. The first-order valence-electron chi connectivity index (χ1n) is 10.5. The summed E-state index contributed by atoms with van der Waals surface area (Å²) in [7, 11) is -3.56. The van der Waals surface area contributed by atoms with Gasteiger partial charge in [-0.2, -0.15) is 4.31 Å². The maximum absolute atomic E-state index is 13.5.